The third-order valence-electron chi connectivity index (χ3n) is 3.90. The number of H-pyrrole nitrogens is 1. The normalized spacial score (nSPS) is 18.0. The fourth-order valence-electron chi connectivity index (χ4n) is 2.70. The van der Waals surface area contributed by atoms with Crippen LogP contribution in [0.15, 0.2) is 30.3 Å². The number of morpholine rings is 1. The molecule has 1 aromatic heterocycles. The lowest BCUT2D eigenvalue weighted by Crippen LogP contribution is -2.50. The molecule has 1 aliphatic rings. The Balaban J connectivity index is 0.00000156. The standard InChI is InChI=1S/C16H21N5O2.2ClH/c1-11-18-15(20-19-11)14-10-21(7-8-23-14)16(22)13(17)9-12-5-3-2-4-6-12;;/h2-6,13-14H,7-10,17H2,1H3,(H,18,19,20);2*1H. The van der Waals surface area contributed by atoms with Crippen LogP contribution < -0.4 is 5.73 Å². The quantitative estimate of drug-likeness (QED) is 0.826. The molecule has 25 heavy (non-hydrogen) atoms. The van der Waals surface area contributed by atoms with Crippen molar-refractivity contribution < 1.29 is 9.53 Å². The highest BCUT2D eigenvalue weighted by atomic mass is 35.5. The molecule has 1 aromatic carbocycles. The van der Waals surface area contributed by atoms with E-state index in [1.54, 1.807) is 4.90 Å². The zero-order valence-corrected chi connectivity index (χ0v) is 15.6. The molecule has 2 heterocycles. The number of amides is 1. The van der Waals surface area contributed by atoms with Gasteiger partial charge >= 0.3 is 0 Å². The number of halogens is 2. The van der Waals surface area contributed by atoms with Crippen molar-refractivity contribution in [3.05, 3.63) is 47.5 Å². The summed E-state index contributed by atoms with van der Waals surface area (Å²) >= 11 is 0. The SMILES string of the molecule is Cc1nc(C2CN(C(=O)C(N)Cc3ccccc3)CCO2)n[nH]1.Cl.Cl. The minimum atomic E-state index is -0.551. The molecule has 0 radical (unpaired) electrons. The molecule has 0 aliphatic carbocycles. The molecular weight excluding hydrogens is 365 g/mol. The van der Waals surface area contributed by atoms with Crippen molar-refractivity contribution in [3.8, 4) is 0 Å². The Morgan fingerprint density at radius 2 is 2.12 bits per heavy atom. The lowest BCUT2D eigenvalue weighted by atomic mass is 10.1. The van der Waals surface area contributed by atoms with Gasteiger partial charge in [-0.15, -0.1) is 24.8 Å². The zero-order valence-electron chi connectivity index (χ0n) is 13.9. The predicted octanol–water partition coefficient (Wildman–Crippen LogP) is 1.43. The van der Waals surface area contributed by atoms with Crippen LogP contribution in [0.4, 0.5) is 0 Å². The molecule has 2 aromatic rings. The number of hydrogen-bond donors (Lipinski definition) is 2. The van der Waals surface area contributed by atoms with Gasteiger partial charge in [0.2, 0.25) is 5.91 Å². The third-order valence-corrected chi connectivity index (χ3v) is 3.90. The van der Waals surface area contributed by atoms with Crippen LogP contribution in [0.5, 0.6) is 0 Å². The molecule has 2 unspecified atom stereocenters. The first-order valence-corrected chi connectivity index (χ1v) is 7.72. The lowest BCUT2D eigenvalue weighted by molar-refractivity contribution is -0.140. The predicted molar refractivity (Wildman–Crippen MR) is 99.0 cm³/mol. The van der Waals surface area contributed by atoms with E-state index in [1.165, 1.54) is 0 Å². The molecule has 1 aliphatic heterocycles. The number of benzene rings is 1. The van der Waals surface area contributed by atoms with Gasteiger partial charge in [-0.25, -0.2) is 4.98 Å². The summed E-state index contributed by atoms with van der Waals surface area (Å²) in [5, 5.41) is 6.91. The van der Waals surface area contributed by atoms with Gasteiger partial charge in [0.15, 0.2) is 5.82 Å². The van der Waals surface area contributed by atoms with Crippen molar-refractivity contribution >= 4 is 30.7 Å². The molecule has 3 rings (SSSR count). The largest absolute Gasteiger partial charge is 0.366 e. The number of hydrogen-bond acceptors (Lipinski definition) is 5. The molecule has 1 amide bonds. The van der Waals surface area contributed by atoms with Gasteiger partial charge in [0.1, 0.15) is 11.9 Å². The summed E-state index contributed by atoms with van der Waals surface area (Å²) in [5.74, 6) is 1.25. The molecule has 2 atom stereocenters. The number of carbonyl (C=O) groups excluding carboxylic acids is 1. The highest BCUT2D eigenvalue weighted by Gasteiger charge is 2.30. The van der Waals surface area contributed by atoms with Crippen LogP contribution in [0, 0.1) is 6.92 Å². The van der Waals surface area contributed by atoms with Gasteiger partial charge in [-0.2, -0.15) is 5.10 Å². The van der Waals surface area contributed by atoms with Crippen molar-refractivity contribution in [1.82, 2.24) is 20.1 Å². The Morgan fingerprint density at radius 1 is 1.40 bits per heavy atom. The summed E-state index contributed by atoms with van der Waals surface area (Å²) < 4.78 is 5.68. The van der Waals surface area contributed by atoms with Crippen LogP contribution in [0.25, 0.3) is 0 Å². The van der Waals surface area contributed by atoms with E-state index in [0.717, 1.165) is 11.4 Å². The molecule has 1 saturated heterocycles. The maximum absolute atomic E-state index is 12.6. The second-order valence-corrected chi connectivity index (χ2v) is 5.72. The van der Waals surface area contributed by atoms with Crippen molar-refractivity contribution in [2.45, 2.75) is 25.5 Å². The van der Waals surface area contributed by atoms with Crippen molar-refractivity contribution in [2.75, 3.05) is 19.7 Å². The smallest absolute Gasteiger partial charge is 0.240 e. The van der Waals surface area contributed by atoms with Crippen LogP contribution in [-0.4, -0.2) is 51.7 Å². The Hall–Kier alpha value is -1.67. The van der Waals surface area contributed by atoms with Gasteiger partial charge in [0.05, 0.1) is 19.2 Å². The Labute approximate surface area is 159 Å². The van der Waals surface area contributed by atoms with Crippen LogP contribution in [0.3, 0.4) is 0 Å². The van der Waals surface area contributed by atoms with Crippen molar-refractivity contribution in [2.24, 2.45) is 5.73 Å². The fraction of sp³-hybridized carbons (Fsp3) is 0.438. The van der Waals surface area contributed by atoms with Crippen molar-refractivity contribution in [1.29, 1.82) is 0 Å². The first-order valence-electron chi connectivity index (χ1n) is 7.72. The number of nitrogens with one attached hydrogen (secondary N) is 1. The minimum Gasteiger partial charge on any atom is -0.366 e. The van der Waals surface area contributed by atoms with E-state index in [-0.39, 0.29) is 36.8 Å². The van der Waals surface area contributed by atoms with E-state index in [2.05, 4.69) is 15.2 Å². The van der Waals surface area contributed by atoms with Gasteiger partial charge in [-0.3, -0.25) is 9.89 Å². The lowest BCUT2D eigenvalue weighted by Gasteiger charge is -2.33. The Bertz CT molecular complexity index is 668. The van der Waals surface area contributed by atoms with Crippen LogP contribution >= 0.6 is 24.8 Å². The maximum atomic E-state index is 12.6. The van der Waals surface area contributed by atoms with Crippen LogP contribution in [0.1, 0.15) is 23.3 Å². The van der Waals surface area contributed by atoms with Gasteiger partial charge in [-0.1, -0.05) is 30.3 Å². The molecular formula is C16H23Cl2N5O2. The number of nitrogens with zero attached hydrogens (tertiary/aromatic N) is 3. The fourth-order valence-corrected chi connectivity index (χ4v) is 2.70. The second-order valence-electron chi connectivity index (χ2n) is 5.72. The summed E-state index contributed by atoms with van der Waals surface area (Å²) in [6.45, 7) is 3.26. The van der Waals surface area contributed by atoms with Gasteiger partial charge < -0.3 is 15.4 Å². The van der Waals surface area contributed by atoms with Gasteiger partial charge in [0, 0.05) is 6.54 Å². The van der Waals surface area contributed by atoms with E-state index < -0.39 is 6.04 Å². The number of carbonyl (C=O) groups is 1. The minimum absolute atomic E-state index is 0. The number of aryl methyl sites for hydroxylation is 1. The molecule has 3 N–H and O–H groups in total. The van der Waals surface area contributed by atoms with Crippen LogP contribution in [0.2, 0.25) is 0 Å². The summed E-state index contributed by atoms with van der Waals surface area (Å²) in [4.78, 5) is 18.6. The molecule has 138 valence electrons. The third kappa shape index (κ3) is 5.40. The number of nitrogens with two attached hydrogens (primary N) is 1. The summed E-state index contributed by atoms with van der Waals surface area (Å²) in [6, 6.07) is 9.25. The van der Waals surface area contributed by atoms with Crippen LogP contribution in [-0.2, 0) is 16.0 Å². The highest BCUT2D eigenvalue weighted by Crippen LogP contribution is 2.19. The van der Waals surface area contributed by atoms with E-state index in [4.69, 9.17) is 10.5 Å². The summed E-state index contributed by atoms with van der Waals surface area (Å²) in [5.41, 5.74) is 7.16. The topological polar surface area (TPSA) is 97.1 Å². The van der Waals surface area contributed by atoms with E-state index in [9.17, 15) is 4.79 Å². The summed E-state index contributed by atoms with van der Waals surface area (Å²) in [7, 11) is 0. The van der Waals surface area contributed by atoms with E-state index in [0.29, 0.717) is 31.9 Å². The zero-order chi connectivity index (χ0) is 16.2. The number of ether oxygens (including phenoxy) is 1. The van der Waals surface area contributed by atoms with E-state index >= 15 is 0 Å². The monoisotopic (exact) mass is 387 g/mol. The molecule has 1 fully saturated rings. The first kappa shape index (κ1) is 21.4. The molecule has 0 spiro atoms. The highest BCUT2D eigenvalue weighted by molar-refractivity contribution is 5.85. The van der Waals surface area contributed by atoms with E-state index in [1.807, 2.05) is 37.3 Å². The average Bonchev–Trinajstić information content (AvgIpc) is 3.02. The summed E-state index contributed by atoms with van der Waals surface area (Å²) in [6.07, 6.45) is 0.225. The number of aromatic amines is 1. The average molecular weight is 388 g/mol. The molecule has 0 saturated carbocycles. The Kier molecular flexibility index (Phi) is 8.31. The maximum Gasteiger partial charge on any atom is 0.240 e. The number of aromatic nitrogens is 3. The first-order chi connectivity index (χ1) is 11.1. The Morgan fingerprint density at radius 3 is 2.76 bits per heavy atom. The molecule has 7 nitrogen and oxygen atoms in total. The van der Waals surface area contributed by atoms with Gasteiger partial charge in [-0.05, 0) is 18.9 Å². The molecule has 9 heteroatoms. The van der Waals surface area contributed by atoms with Gasteiger partial charge in [0.25, 0.3) is 0 Å². The molecule has 0 bridgehead atoms. The number of rotatable bonds is 4. The second kappa shape index (κ2) is 9.72. The van der Waals surface area contributed by atoms with Crippen molar-refractivity contribution in [3.63, 3.8) is 0 Å².